The van der Waals surface area contributed by atoms with Crippen LogP contribution in [0.15, 0.2) is 53.8 Å². The summed E-state index contributed by atoms with van der Waals surface area (Å²) in [7, 11) is -2.51. The number of sulfonamides is 1. The van der Waals surface area contributed by atoms with Crippen LogP contribution in [0.1, 0.15) is 25.1 Å². The van der Waals surface area contributed by atoms with Gasteiger partial charge in [0.1, 0.15) is 4.90 Å². The van der Waals surface area contributed by atoms with Crippen LogP contribution in [0, 0.1) is 5.82 Å². The highest BCUT2D eigenvalue weighted by Gasteiger charge is 2.29. The highest BCUT2D eigenvalue weighted by molar-refractivity contribution is 7.89. The lowest BCUT2D eigenvalue weighted by atomic mass is 9.81. The van der Waals surface area contributed by atoms with E-state index in [9.17, 15) is 12.8 Å². The van der Waals surface area contributed by atoms with Gasteiger partial charge in [0.2, 0.25) is 10.0 Å². The molecule has 9 heteroatoms. The average Bonchev–Trinajstić information content (AvgIpc) is 3.11. The second-order valence-electron chi connectivity index (χ2n) is 6.78. The Morgan fingerprint density at radius 1 is 1.21 bits per heavy atom. The van der Waals surface area contributed by atoms with E-state index < -0.39 is 21.3 Å². The van der Waals surface area contributed by atoms with Crippen LogP contribution in [0.3, 0.4) is 0 Å². The molecule has 0 unspecified atom stereocenters. The number of nitrogens with zero attached hydrogens (tertiary/aromatic N) is 2. The van der Waals surface area contributed by atoms with E-state index in [1.807, 2.05) is 18.4 Å². The van der Waals surface area contributed by atoms with Crippen LogP contribution in [0.25, 0.3) is 5.69 Å². The van der Waals surface area contributed by atoms with Crippen molar-refractivity contribution in [3.05, 3.63) is 71.0 Å². The normalized spacial score (nSPS) is 12.2. The third-order valence-electron chi connectivity index (χ3n) is 4.65. The van der Waals surface area contributed by atoms with Gasteiger partial charge >= 0.3 is 0 Å². The van der Waals surface area contributed by atoms with Crippen LogP contribution in [-0.4, -0.2) is 25.1 Å². The van der Waals surface area contributed by atoms with Gasteiger partial charge in [0, 0.05) is 17.7 Å². The van der Waals surface area contributed by atoms with E-state index in [1.165, 1.54) is 19.2 Å². The third-order valence-corrected chi connectivity index (χ3v) is 6.05. The maximum absolute atomic E-state index is 13.8. The number of hydrogen-bond donors (Lipinski definition) is 1. The van der Waals surface area contributed by atoms with E-state index in [4.69, 9.17) is 21.5 Å². The second-order valence-corrected chi connectivity index (χ2v) is 8.72. The summed E-state index contributed by atoms with van der Waals surface area (Å²) in [6, 6.07) is 9.14. The van der Waals surface area contributed by atoms with Gasteiger partial charge in [-0.15, -0.1) is 0 Å². The molecule has 0 atom stereocenters. The largest absolute Gasteiger partial charge is 0.494 e. The number of halogens is 2. The molecule has 0 radical (unpaired) electrons. The average molecular weight is 424 g/mol. The molecule has 0 aliphatic rings. The SMILES string of the molecule is COc1cc(-n2cncc2C(C)(C)c2ccc(S(N)(=O)=O)c(Cl)c2)ccc1F. The predicted octanol–water partition coefficient (Wildman–Crippen LogP) is 3.65. The minimum Gasteiger partial charge on any atom is -0.494 e. The first-order valence-electron chi connectivity index (χ1n) is 8.25. The zero-order chi connectivity index (χ0) is 20.7. The molecular weight excluding hydrogens is 405 g/mol. The zero-order valence-electron chi connectivity index (χ0n) is 15.5. The predicted molar refractivity (Wildman–Crippen MR) is 105 cm³/mol. The minimum absolute atomic E-state index is 0.0441. The van der Waals surface area contributed by atoms with Gasteiger partial charge in [0.15, 0.2) is 11.6 Å². The maximum atomic E-state index is 13.8. The first kappa shape index (κ1) is 20.3. The molecule has 1 heterocycles. The van der Waals surface area contributed by atoms with Gasteiger partial charge in [-0.05, 0) is 29.8 Å². The fourth-order valence-electron chi connectivity index (χ4n) is 3.03. The molecule has 3 rings (SSSR count). The molecule has 6 nitrogen and oxygen atoms in total. The number of aromatic nitrogens is 2. The van der Waals surface area contributed by atoms with Crippen LogP contribution in [-0.2, 0) is 15.4 Å². The van der Waals surface area contributed by atoms with Crippen molar-refractivity contribution in [1.29, 1.82) is 0 Å². The third kappa shape index (κ3) is 3.63. The Balaban J connectivity index is 2.10. The van der Waals surface area contributed by atoms with Crippen molar-refractivity contribution >= 4 is 21.6 Å². The monoisotopic (exact) mass is 423 g/mol. The van der Waals surface area contributed by atoms with Crippen molar-refractivity contribution in [1.82, 2.24) is 9.55 Å². The van der Waals surface area contributed by atoms with Crippen molar-refractivity contribution < 1.29 is 17.5 Å². The van der Waals surface area contributed by atoms with E-state index in [0.717, 1.165) is 11.3 Å². The Kier molecular flexibility index (Phi) is 5.22. The molecular formula is C19H19ClFN3O3S. The van der Waals surface area contributed by atoms with Crippen LogP contribution < -0.4 is 9.88 Å². The molecule has 0 amide bonds. The number of methoxy groups -OCH3 is 1. The molecule has 1 aromatic heterocycles. The number of rotatable bonds is 5. The summed E-state index contributed by atoms with van der Waals surface area (Å²) in [5.41, 5.74) is 1.63. The molecule has 0 aliphatic carbocycles. The van der Waals surface area contributed by atoms with Crippen molar-refractivity contribution in [3.63, 3.8) is 0 Å². The molecule has 148 valence electrons. The second kappa shape index (κ2) is 7.20. The highest BCUT2D eigenvalue weighted by atomic mass is 35.5. The summed E-state index contributed by atoms with van der Waals surface area (Å²) in [4.78, 5) is 4.09. The minimum atomic E-state index is -3.91. The van der Waals surface area contributed by atoms with Crippen molar-refractivity contribution in [2.45, 2.75) is 24.2 Å². The fraction of sp³-hybridized carbons (Fsp3) is 0.211. The summed E-state index contributed by atoms with van der Waals surface area (Å²) < 4.78 is 43.8. The lowest BCUT2D eigenvalue weighted by molar-refractivity contribution is 0.386. The molecule has 0 saturated carbocycles. The summed E-state index contributed by atoms with van der Waals surface area (Å²) >= 11 is 6.16. The molecule has 0 spiro atoms. The number of benzene rings is 2. The first-order valence-corrected chi connectivity index (χ1v) is 10.2. The highest BCUT2D eigenvalue weighted by Crippen LogP contribution is 2.36. The van der Waals surface area contributed by atoms with E-state index in [2.05, 4.69) is 4.98 Å². The molecule has 0 bridgehead atoms. The van der Waals surface area contributed by atoms with Gasteiger partial charge in [0.05, 0.1) is 29.8 Å². The standard InChI is InChI=1S/C19H19ClFN3O3S/c1-19(2,12-4-7-17(14(20)8-12)28(22,25)26)18-10-23-11-24(18)13-5-6-15(21)16(9-13)27-3/h4-11H,1-3H3,(H2,22,25,26). The number of nitrogens with two attached hydrogens (primary N) is 1. The fourth-order valence-corrected chi connectivity index (χ4v) is 4.12. The lowest BCUT2D eigenvalue weighted by Crippen LogP contribution is -2.23. The van der Waals surface area contributed by atoms with E-state index >= 15 is 0 Å². The van der Waals surface area contributed by atoms with Crippen molar-refractivity contribution in [2.75, 3.05) is 7.11 Å². The Morgan fingerprint density at radius 3 is 2.54 bits per heavy atom. The van der Waals surface area contributed by atoms with Crippen molar-refractivity contribution in [2.24, 2.45) is 5.14 Å². The molecule has 0 saturated heterocycles. The van der Waals surface area contributed by atoms with Crippen LogP contribution in [0.2, 0.25) is 5.02 Å². The van der Waals surface area contributed by atoms with Crippen molar-refractivity contribution in [3.8, 4) is 11.4 Å². The van der Waals surface area contributed by atoms with Gasteiger partial charge in [0.25, 0.3) is 0 Å². The smallest absolute Gasteiger partial charge is 0.239 e. The van der Waals surface area contributed by atoms with Crippen LogP contribution in [0.5, 0.6) is 5.75 Å². The van der Waals surface area contributed by atoms with Crippen LogP contribution >= 0.6 is 11.6 Å². The van der Waals surface area contributed by atoms with Crippen LogP contribution in [0.4, 0.5) is 4.39 Å². The molecule has 2 N–H and O–H groups in total. The summed E-state index contributed by atoms with van der Waals surface area (Å²) in [5.74, 6) is -0.340. The zero-order valence-corrected chi connectivity index (χ0v) is 17.1. The molecule has 28 heavy (non-hydrogen) atoms. The topological polar surface area (TPSA) is 87.2 Å². The van der Waals surface area contributed by atoms with Gasteiger partial charge in [-0.3, -0.25) is 0 Å². The van der Waals surface area contributed by atoms with Gasteiger partial charge in [-0.2, -0.15) is 0 Å². The van der Waals surface area contributed by atoms with E-state index in [-0.39, 0.29) is 15.7 Å². The maximum Gasteiger partial charge on any atom is 0.239 e. The Hall–Kier alpha value is -2.42. The Morgan fingerprint density at radius 2 is 1.93 bits per heavy atom. The number of primary sulfonamides is 1. The Bertz CT molecular complexity index is 1140. The Labute approximate surface area is 167 Å². The molecule has 3 aromatic rings. The number of imidazole rings is 1. The van der Waals surface area contributed by atoms with Gasteiger partial charge < -0.3 is 9.30 Å². The summed E-state index contributed by atoms with van der Waals surface area (Å²) in [6.07, 6.45) is 3.31. The van der Waals surface area contributed by atoms with E-state index in [1.54, 1.807) is 36.8 Å². The van der Waals surface area contributed by atoms with E-state index in [0.29, 0.717) is 5.69 Å². The van der Waals surface area contributed by atoms with Gasteiger partial charge in [-0.25, -0.2) is 22.9 Å². The quantitative estimate of drug-likeness (QED) is 0.678. The van der Waals surface area contributed by atoms with Gasteiger partial charge in [-0.1, -0.05) is 31.5 Å². The summed E-state index contributed by atoms with van der Waals surface area (Å²) in [5, 5.41) is 5.23. The summed E-state index contributed by atoms with van der Waals surface area (Å²) in [6.45, 7) is 3.90. The molecule has 0 aliphatic heterocycles. The molecule has 0 fully saturated rings. The number of hydrogen-bond acceptors (Lipinski definition) is 4. The lowest BCUT2D eigenvalue weighted by Gasteiger charge is -2.27. The first-order chi connectivity index (χ1) is 13.1. The number of ether oxygens (including phenoxy) is 1. The molecule has 2 aromatic carbocycles.